The zero-order chi connectivity index (χ0) is 15.8. The molecule has 0 aromatic carbocycles. The van der Waals surface area contributed by atoms with Crippen LogP contribution in [-0.2, 0) is 18.8 Å². The van der Waals surface area contributed by atoms with Gasteiger partial charge in [0.1, 0.15) is 5.69 Å². The van der Waals surface area contributed by atoms with Crippen LogP contribution in [0.15, 0.2) is 6.20 Å². The molecular formula is C13H22BN3O4. The van der Waals surface area contributed by atoms with E-state index in [0.717, 1.165) is 0 Å². The molecule has 2 N–H and O–H groups in total. The standard InChI is InChI=1S/C13H22BN3O4/c1-12(2)13(3,4)21-14(20-12)8-7-16-11(15)17-9(8)10(18-5)19-6/h7,10H,1-6H3,(H2,15,16,17). The maximum Gasteiger partial charge on any atom is 0.498 e. The molecule has 1 aliphatic rings. The van der Waals surface area contributed by atoms with Gasteiger partial charge in [0.15, 0.2) is 6.29 Å². The third-order valence-electron chi connectivity index (χ3n) is 4.03. The fourth-order valence-corrected chi connectivity index (χ4v) is 2.08. The Morgan fingerprint density at radius 2 is 1.67 bits per heavy atom. The lowest BCUT2D eigenvalue weighted by atomic mass is 9.78. The minimum Gasteiger partial charge on any atom is -0.399 e. The van der Waals surface area contributed by atoms with Crippen LogP contribution in [0.25, 0.3) is 0 Å². The fourth-order valence-electron chi connectivity index (χ4n) is 2.08. The van der Waals surface area contributed by atoms with Crippen molar-refractivity contribution in [3.63, 3.8) is 0 Å². The summed E-state index contributed by atoms with van der Waals surface area (Å²) >= 11 is 0. The van der Waals surface area contributed by atoms with Crippen LogP contribution in [0.2, 0.25) is 0 Å². The number of aromatic nitrogens is 2. The molecule has 116 valence electrons. The minimum absolute atomic E-state index is 0.143. The third kappa shape index (κ3) is 2.89. The van der Waals surface area contributed by atoms with E-state index in [4.69, 9.17) is 24.5 Å². The third-order valence-corrected chi connectivity index (χ3v) is 4.03. The molecule has 1 fully saturated rings. The van der Waals surface area contributed by atoms with Crippen LogP contribution >= 0.6 is 0 Å². The SMILES string of the molecule is COC(OC)c1nc(N)ncc1B1OC(C)(C)C(C)(C)O1. The zero-order valence-corrected chi connectivity index (χ0v) is 13.3. The maximum atomic E-state index is 6.02. The summed E-state index contributed by atoms with van der Waals surface area (Å²) in [4.78, 5) is 8.24. The summed E-state index contributed by atoms with van der Waals surface area (Å²) in [5.74, 6) is 0.143. The summed E-state index contributed by atoms with van der Waals surface area (Å²) < 4.78 is 22.6. The van der Waals surface area contributed by atoms with Crippen molar-refractivity contribution < 1.29 is 18.8 Å². The molecule has 1 aromatic rings. The monoisotopic (exact) mass is 295 g/mol. The first-order valence-electron chi connectivity index (χ1n) is 6.75. The molecule has 21 heavy (non-hydrogen) atoms. The molecule has 0 saturated carbocycles. The van der Waals surface area contributed by atoms with E-state index in [0.29, 0.717) is 11.2 Å². The molecule has 0 aliphatic carbocycles. The molecule has 2 rings (SSSR count). The second-order valence-corrected chi connectivity index (χ2v) is 5.96. The van der Waals surface area contributed by atoms with Crippen LogP contribution in [-0.4, -0.2) is 42.5 Å². The van der Waals surface area contributed by atoms with Crippen molar-refractivity contribution in [1.29, 1.82) is 0 Å². The average Bonchev–Trinajstić information content (AvgIpc) is 2.60. The highest BCUT2D eigenvalue weighted by Crippen LogP contribution is 2.36. The smallest absolute Gasteiger partial charge is 0.399 e. The van der Waals surface area contributed by atoms with Crippen molar-refractivity contribution in [3.8, 4) is 0 Å². The normalized spacial score (nSPS) is 20.2. The van der Waals surface area contributed by atoms with E-state index >= 15 is 0 Å². The largest absolute Gasteiger partial charge is 0.498 e. The van der Waals surface area contributed by atoms with Gasteiger partial charge in [-0.3, -0.25) is 0 Å². The van der Waals surface area contributed by atoms with E-state index < -0.39 is 24.6 Å². The van der Waals surface area contributed by atoms with Gasteiger partial charge in [-0.15, -0.1) is 0 Å². The molecule has 0 atom stereocenters. The number of hydrogen-bond donors (Lipinski definition) is 1. The molecule has 0 radical (unpaired) electrons. The van der Waals surface area contributed by atoms with Crippen LogP contribution in [0.5, 0.6) is 0 Å². The fraction of sp³-hybridized carbons (Fsp3) is 0.692. The highest BCUT2D eigenvalue weighted by molar-refractivity contribution is 6.62. The van der Waals surface area contributed by atoms with Gasteiger partial charge in [0.2, 0.25) is 5.95 Å². The van der Waals surface area contributed by atoms with E-state index in [1.807, 2.05) is 27.7 Å². The number of nitrogens with two attached hydrogens (primary N) is 1. The lowest BCUT2D eigenvalue weighted by Crippen LogP contribution is -2.41. The number of anilines is 1. The lowest BCUT2D eigenvalue weighted by Gasteiger charge is -2.32. The Balaban J connectivity index is 2.41. The summed E-state index contributed by atoms with van der Waals surface area (Å²) in [6, 6.07) is 0. The highest BCUT2D eigenvalue weighted by atomic mass is 16.7. The van der Waals surface area contributed by atoms with Crippen LogP contribution in [0.4, 0.5) is 5.95 Å². The number of hydrogen-bond acceptors (Lipinski definition) is 7. The van der Waals surface area contributed by atoms with Gasteiger partial charge in [0, 0.05) is 25.9 Å². The van der Waals surface area contributed by atoms with E-state index in [2.05, 4.69) is 9.97 Å². The predicted molar refractivity (Wildman–Crippen MR) is 78.9 cm³/mol. The zero-order valence-electron chi connectivity index (χ0n) is 13.3. The van der Waals surface area contributed by atoms with Gasteiger partial charge in [-0.2, -0.15) is 0 Å². The van der Waals surface area contributed by atoms with Crippen LogP contribution in [0, 0.1) is 0 Å². The van der Waals surface area contributed by atoms with E-state index in [1.165, 1.54) is 14.2 Å². The summed E-state index contributed by atoms with van der Waals surface area (Å²) in [5.41, 5.74) is 5.92. The van der Waals surface area contributed by atoms with Crippen molar-refractivity contribution in [2.45, 2.75) is 45.2 Å². The van der Waals surface area contributed by atoms with Gasteiger partial charge in [-0.1, -0.05) is 0 Å². The Bertz CT molecular complexity index is 504. The first-order valence-corrected chi connectivity index (χ1v) is 6.75. The first-order chi connectivity index (χ1) is 9.71. The Morgan fingerprint density at radius 1 is 1.14 bits per heavy atom. The molecule has 0 unspecified atom stereocenters. The molecule has 1 aliphatic heterocycles. The molecule has 1 aromatic heterocycles. The van der Waals surface area contributed by atoms with Gasteiger partial charge in [0.25, 0.3) is 0 Å². The van der Waals surface area contributed by atoms with E-state index in [9.17, 15) is 0 Å². The van der Waals surface area contributed by atoms with Crippen molar-refractivity contribution in [2.75, 3.05) is 20.0 Å². The molecule has 0 amide bonds. The summed E-state index contributed by atoms with van der Waals surface area (Å²) in [5, 5.41) is 0. The Kier molecular flexibility index (Phi) is 4.25. The molecule has 8 heteroatoms. The number of nitrogens with zero attached hydrogens (tertiary/aromatic N) is 2. The lowest BCUT2D eigenvalue weighted by molar-refractivity contribution is -0.108. The second kappa shape index (κ2) is 5.53. The first kappa shape index (κ1) is 16.2. The number of ether oxygens (including phenoxy) is 2. The quantitative estimate of drug-likeness (QED) is 0.644. The predicted octanol–water partition coefficient (Wildman–Crippen LogP) is 0.649. The molecule has 0 bridgehead atoms. The molecule has 7 nitrogen and oxygen atoms in total. The van der Waals surface area contributed by atoms with Crippen molar-refractivity contribution >= 4 is 18.5 Å². The van der Waals surface area contributed by atoms with E-state index in [-0.39, 0.29) is 5.95 Å². The topological polar surface area (TPSA) is 88.7 Å². The van der Waals surface area contributed by atoms with Crippen LogP contribution in [0.1, 0.15) is 39.7 Å². The van der Waals surface area contributed by atoms with Crippen molar-refractivity contribution in [3.05, 3.63) is 11.9 Å². The Labute approximate surface area is 125 Å². The number of rotatable bonds is 4. The van der Waals surface area contributed by atoms with Crippen molar-refractivity contribution in [2.24, 2.45) is 0 Å². The molecular weight excluding hydrogens is 273 g/mol. The van der Waals surface area contributed by atoms with Crippen LogP contribution in [0.3, 0.4) is 0 Å². The van der Waals surface area contributed by atoms with Gasteiger partial charge in [-0.25, -0.2) is 9.97 Å². The maximum absolute atomic E-state index is 6.02. The van der Waals surface area contributed by atoms with E-state index in [1.54, 1.807) is 6.20 Å². The Hall–Kier alpha value is -1.22. The number of methoxy groups -OCH3 is 2. The van der Waals surface area contributed by atoms with Gasteiger partial charge >= 0.3 is 7.12 Å². The molecule has 1 saturated heterocycles. The van der Waals surface area contributed by atoms with Gasteiger partial charge in [0.05, 0.1) is 11.2 Å². The molecule has 0 spiro atoms. The molecule has 2 heterocycles. The Morgan fingerprint density at radius 3 is 2.14 bits per heavy atom. The average molecular weight is 295 g/mol. The minimum atomic E-state index is -0.663. The van der Waals surface area contributed by atoms with Gasteiger partial charge < -0.3 is 24.5 Å². The summed E-state index contributed by atoms with van der Waals surface area (Å²) in [7, 11) is 2.46. The summed E-state index contributed by atoms with van der Waals surface area (Å²) in [6.45, 7) is 7.92. The van der Waals surface area contributed by atoms with Crippen LogP contribution < -0.4 is 11.2 Å². The highest BCUT2D eigenvalue weighted by Gasteiger charge is 2.53. The number of nitrogen functional groups attached to an aromatic ring is 1. The summed E-state index contributed by atoms with van der Waals surface area (Å²) in [6.07, 6.45) is 0.925. The van der Waals surface area contributed by atoms with Crippen molar-refractivity contribution in [1.82, 2.24) is 9.97 Å². The second-order valence-electron chi connectivity index (χ2n) is 5.96. The van der Waals surface area contributed by atoms with Gasteiger partial charge in [-0.05, 0) is 27.7 Å².